The molecule has 0 aromatic heterocycles. The highest BCUT2D eigenvalue weighted by molar-refractivity contribution is 5.80. The molecule has 1 N–H and O–H groups in total. The van der Waals surface area contributed by atoms with Gasteiger partial charge in [-0.25, -0.2) is 0 Å². The van der Waals surface area contributed by atoms with Crippen molar-refractivity contribution in [2.24, 2.45) is 5.92 Å². The Morgan fingerprint density at radius 1 is 1.32 bits per heavy atom. The first-order valence-electron chi connectivity index (χ1n) is 7.83. The molecule has 19 heavy (non-hydrogen) atoms. The zero-order valence-corrected chi connectivity index (χ0v) is 12.4. The lowest BCUT2D eigenvalue weighted by molar-refractivity contribution is -0.133. The maximum absolute atomic E-state index is 12.0. The van der Waals surface area contributed by atoms with E-state index in [0.29, 0.717) is 12.0 Å². The lowest BCUT2D eigenvalue weighted by atomic mass is 10.0. The van der Waals surface area contributed by atoms with Crippen molar-refractivity contribution < 1.29 is 9.53 Å². The van der Waals surface area contributed by atoms with Gasteiger partial charge in [-0.3, -0.25) is 4.79 Å². The Labute approximate surface area is 116 Å². The molecule has 0 aromatic carbocycles. The Bertz CT molecular complexity index is 284. The molecule has 1 amide bonds. The predicted octanol–water partition coefficient (Wildman–Crippen LogP) is 1.79. The molecule has 1 heterocycles. The number of rotatable bonds is 7. The number of piperidine rings is 1. The number of nitrogens with zero attached hydrogens (tertiary/aromatic N) is 1. The van der Waals surface area contributed by atoms with Crippen LogP contribution in [-0.4, -0.2) is 49.2 Å². The van der Waals surface area contributed by atoms with Gasteiger partial charge in [0.2, 0.25) is 5.91 Å². The average Bonchev–Trinajstić information content (AvgIpc) is 3.22. The summed E-state index contributed by atoms with van der Waals surface area (Å²) in [4.78, 5) is 14.5. The van der Waals surface area contributed by atoms with E-state index >= 15 is 0 Å². The Morgan fingerprint density at radius 2 is 2.00 bits per heavy atom. The zero-order chi connectivity index (χ0) is 13.7. The molecule has 2 fully saturated rings. The second-order valence-electron chi connectivity index (χ2n) is 6.04. The Hall–Kier alpha value is -0.610. The molecule has 2 rings (SSSR count). The van der Waals surface area contributed by atoms with Crippen LogP contribution in [0.5, 0.6) is 0 Å². The molecule has 1 aliphatic carbocycles. The molecule has 4 heteroatoms. The van der Waals surface area contributed by atoms with Gasteiger partial charge in [-0.15, -0.1) is 0 Å². The van der Waals surface area contributed by atoms with Gasteiger partial charge in [0.25, 0.3) is 0 Å². The molecule has 0 radical (unpaired) electrons. The molecule has 1 atom stereocenters. The number of hydrogen-bond donors (Lipinski definition) is 1. The summed E-state index contributed by atoms with van der Waals surface area (Å²) in [5.41, 5.74) is 0. The summed E-state index contributed by atoms with van der Waals surface area (Å²) in [6.07, 6.45) is 5.59. The fourth-order valence-electron chi connectivity index (χ4n) is 2.58. The number of likely N-dealkylation sites (tertiary alicyclic amines) is 1. The minimum Gasteiger partial charge on any atom is -0.368 e. The second-order valence-corrected chi connectivity index (χ2v) is 6.04. The third-order valence-corrected chi connectivity index (χ3v) is 4.12. The molecule has 110 valence electrons. The molecular weight excluding hydrogens is 240 g/mol. The molecule has 1 aliphatic heterocycles. The Morgan fingerprint density at radius 3 is 2.58 bits per heavy atom. The minimum absolute atomic E-state index is 0.0644. The van der Waals surface area contributed by atoms with Crippen LogP contribution in [0.3, 0.4) is 0 Å². The Kier molecular flexibility index (Phi) is 5.64. The van der Waals surface area contributed by atoms with Crippen molar-refractivity contribution in [3.63, 3.8) is 0 Å². The summed E-state index contributed by atoms with van der Waals surface area (Å²) in [5.74, 6) is 0.780. The van der Waals surface area contributed by atoms with Crippen LogP contribution in [0.25, 0.3) is 0 Å². The number of ether oxygens (including phenoxy) is 1. The summed E-state index contributed by atoms with van der Waals surface area (Å²) >= 11 is 0. The first kappa shape index (κ1) is 14.8. The van der Waals surface area contributed by atoms with E-state index in [9.17, 15) is 4.79 Å². The number of amides is 1. The monoisotopic (exact) mass is 268 g/mol. The van der Waals surface area contributed by atoms with Crippen LogP contribution >= 0.6 is 0 Å². The van der Waals surface area contributed by atoms with E-state index in [1.165, 1.54) is 25.8 Å². The third kappa shape index (κ3) is 5.11. The summed E-state index contributed by atoms with van der Waals surface area (Å²) in [5, 5.41) is 3.13. The standard InChI is InChI=1S/C15H28N2O2/c1-3-8-17-9-6-14(7-10-17)16-15(18)12(2)19-11-13-4-5-13/h12-14H,3-11H2,1-2H3,(H,16,18)/t12-/m0/s1. The molecule has 1 saturated carbocycles. The van der Waals surface area contributed by atoms with Gasteiger partial charge < -0.3 is 15.0 Å². The topological polar surface area (TPSA) is 41.6 Å². The Balaban J connectivity index is 1.61. The summed E-state index contributed by atoms with van der Waals surface area (Å²) in [7, 11) is 0. The fourth-order valence-corrected chi connectivity index (χ4v) is 2.58. The van der Waals surface area contributed by atoms with Crippen LogP contribution in [0.15, 0.2) is 0 Å². The molecule has 0 bridgehead atoms. The summed E-state index contributed by atoms with van der Waals surface area (Å²) < 4.78 is 5.61. The van der Waals surface area contributed by atoms with E-state index < -0.39 is 0 Å². The second kappa shape index (κ2) is 7.25. The number of carbonyl (C=O) groups excluding carboxylic acids is 1. The largest absolute Gasteiger partial charge is 0.368 e. The third-order valence-electron chi connectivity index (χ3n) is 4.12. The maximum Gasteiger partial charge on any atom is 0.249 e. The van der Waals surface area contributed by atoms with E-state index in [0.717, 1.165) is 32.5 Å². The van der Waals surface area contributed by atoms with E-state index in [1.807, 2.05) is 6.92 Å². The maximum atomic E-state index is 12.0. The van der Waals surface area contributed by atoms with Crippen LogP contribution in [0.1, 0.15) is 46.0 Å². The van der Waals surface area contributed by atoms with Crippen molar-refractivity contribution >= 4 is 5.91 Å². The highest BCUT2D eigenvalue weighted by Gasteiger charge is 2.26. The predicted molar refractivity (Wildman–Crippen MR) is 76.0 cm³/mol. The van der Waals surface area contributed by atoms with Gasteiger partial charge in [0.05, 0.1) is 6.61 Å². The van der Waals surface area contributed by atoms with Crippen molar-refractivity contribution in [2.75, 3.05) is 26.2 Å². The van der Waals surface area contributed by atoms with Crippen molar-refractivity contribution in [3.05, 3.63) is 0 Å². The number of hydrogen-bond acceptors (Lipinski definition) is 3. The van der Waals surface area contributed by atoms with E-state index in [2.05, 4.69) is 17.1 Å². The van der Waals surface area contributed by atoms with Gasteiger partial charge in [0, 0.05) is 19.1 Å². The van der Waals surface area contributed by atoms with Crippen LogP contribution in [-0.2, 0) is 9.53 Å². The quantitative estimate of drug-likeness (QED) is 0.765. The van der Waals surface area contributed by atoms with Gasteiger partial charge >= 0.3 is 0 Å². The first-order chi connectivity index (χ1) is 9.19. The van der Waals surface area contributed by atoms with Crippen LogP contribution in [0, 0.1) is 5.92 Å². The van der Waals surface area contributed by atoms with Gasteiger partial charge in [-0.05, 0) is 51.5 Å². The molecule has 1 saturated heterocycles. The normalized spacial score (nSPS) is 23.3. The minimum atomic E-state index is -0.297. The SMILES string of the molecule is CCCN1CCC(NC(=O)[C@H](C)OCC2CC2)CC1. The van der Waals surface area contributed by atoms with Crippen molar-refractivity contribution in [2.45, 2.75) is 58.1 Å². The van der Waals surface area contributed by atoms with Crippen LogP contribution < -0.4 is 5.32 Å². The van der Waals surface area contributed by atoms with E-state index in [1.54, 1.807) is 0 Å². The average molecular weight is 268 g/mol. The van der Waals surface area contributed by atoms with Gasteiger partial charge in [0.15, 0.2) is 0 Å². The van der Waals surface area contributed by atoms with E-state index in [4.69, 9.17) is 4.74 Å². The molecule has 0 unspecified atom stereocenters. The zero-order valence-electron chi connectivity index (χ0n) is 12.4. The van der Waals surface area contributed by atoms with Crippen molar-refractivity contribution in [1.29, 1.82) is 0 Å². The number of carbonyl (C=O) groups is 1. The first-order valence-corrected chi connectivity index (χ1v) is 7.83. The molecule has 0 aromatic rings. The van der Waals surface area contributed by atoms with Crippen LogP contribution in [0.2, 0.25) is 0 Å². The van der Waals surface area contributed by atoms with E-state index in [-0.39, 0.29) is 12.0 Å². The molecule has 4 nitrogen and oxygen atoms in total. The fraction of sp³-hybridized carbons (Fsp3) is 0.933. The van der Waals surface area contributed by atoms with Gasteiger partial charge in [-0.2, -0.15) is 0 Å². The number of nitrogens with one attached hydrogen (secondary N) is 1. The smallest absolute Gasteiger partial charge is 0.249 e. The van der Waals surface area contributed by atoms with Crippen molar-refractivity contribution in [3.8, 4) is 0 Å². The van der Waals surface area contributed by atoms with Crippen molar-refractivity contribution in [1.82, 2.24) is 10.2 Å². The molecule has 2 aliphatic rings. The highest BCUT2D eigenvalue weighted by atomic mass is 16.5. The summed E-state index contributed by atoms with van der Waals surface area (Å²) in [6, 6.07) is 0.340. The van der Waals surface area contributed by atoms with Gasteiger partial charge in [-0.1, -0.05) is 6.92 Å². The lowest BCUT2D eigenvalue weighted by Gasteiger charge is -2.32. The molecule has 0 spiro atoms. The lowest BCUT2D eigenvalue weighted by Crippen LogP contribution is -2.47. The molecular formula is C15H28N2O2. The van der Waals surface area contributed by atoms with Gasteiger partial charge in [0.1, 0.15) is 6.10 Å². The van der Waals surface area contributed by atoms with Crippen LogP contribution in [0.4, 0.5) is 0 Å². The summed E-state index contributed by atoms with van der Waals surface area (Å²) in [6.45, 7) is 8.23. The highest BCUT2D eigenvalue weighted by Crippen LogP contribution is 2.29.